The van der Waals surface area contributed by atoms with Crippen LogP contribution >= 0.6 is 11.6 Å². The molecule has 26 heteroatoms. The van der Waals surface area contributed by atoms with Gasteiger partial charge in [-0.05, 0) is 145 Å². The van der Waals surface area contributed by atoms with Crippen LogP contribution in [0.3, 0.4) is 0 Å². The van der Waals surface area contributed by atoms with Crippen LogP contribution in [0.1, 0.15) is 133 Å². The smallest absolute Gasteiger partial charge is 0.410 e. The SMILES string of the molecule is CCC(C)(C)C(=O)Cl.CCCN(CC(=O)N[C@@H](Cc1ccccc1)C(=O)O)C(=O)[C@H](Cc1ccccc1)N(C)C(=O)OCC1c2ccccc2-c2ccccc21.CCCN(CC(=O)N[C@@H](Cc1ccccc1)C(=O)O[Si](C)(C)C)C(=O)[C@H](Cc1ccccc1)N(C)C(=O)OCC1c2ccccc2-c2ccccc21.CN(C(=O)OCC1c2ccccc2-c2ccccc21)[C@@H](Cc1ccccc1)C(=O)O. The zero-order valence-corrected chi connectivity index (χ0v) is 81.9. The fourth-order valence-corrected chi connectivity index (χ4v) is 18.0. The summed E-state index contributed by atoms with van der Waals surface area (Å²) in [7, 11) is 2.32. The number of hydrogen-bond donors (Lipinski definition) is 4. The van der Waals surface area contributed by atoms with Crippen molar-refractivity contribution < 1.29 is 81.6 Å². The maximum Gasteiger partial charge on any atom is 0.410 e. The average Bonchev–Trinajstić information content (AvgIpc) is 1.62. The van der Waals surface area contributed by atoms with Gasteiger partial charge in [-0.15, -0.1) is 0 Å². The Bertz CT molecular complexity index is 5850. The summed E-state index contributed by atoms with van der Waals surface area (Å²) in [5, 5.41) is 24.6. The summed E-state index contributed by atoms with van der Waals surface area (Å²) in [5.74, 6) is -4.97. The molecule has 11 aromatic rings. The number of hydrogen-bond acceptors (Lipinski definition) is 15. The Hall–Kier alpha value is -14.3. The van der Waals surface area contributed by atoms with Gasteiger partial charge in [0.2, 0.25) is 37.2 Å². The van der Waals surface area contributed by atoms with Gasteiger partial charge in [0.15, 0.2) is 0 Å². The third-order valence-electron chi connectivity index (χ3n) is 24.9. The number of aliphatic carboxylic acids is 2. The summed E-state index contributed by atoms with van der Waals surface area (Å²) in [6, 6.07) is 90.1. The molecule has 0 saturated carbocycles. The number of amides is 7. The molecule has 0 aliphatic heterocycles. The Labute approximate surface area is 814 Å². The Morgan fingerprint density at radius 1 is 0.355 bits per heavy atom. The second-order valence-corrected chi connectivity index (χ2v) is 41.0. The van der Waals surface area contributed by atoms with Crippen molar-refractivity contribution in [1.29, 1.82) is 0 Å². The van der Waals surface area contributed by atoms with Crippen molar-refractivity contribution in [3.63, 3.8) is 0 Å². The van der Waals surface area contributed by atoms with Crippen molar-refractivity contribution in [1.82, 2.24) is 35.1 Å². The lowest BCUT2D eigenvalue weighted by Crippen LogP contribution is -2.54. The first-order valence-corrected chi connectivity index (χ1v) is 50.5. The molecule has 4 N–H and O–H groups in total. The highest BCUT2D eigenvalue weighted by molar-refractivity contribution is 6.71. The topological polar surface area (TPSA) is 305 Å². The minimum Gasteiger partial charge on any atom is -0.518 e. The summed E-state index contributed by atoms with van der Waals surface area (Å²) in [6.07, 6.45) is 1.01. The van der Waals surface area contributed by atoms with Crippen molar-refractivity contribution in [3.8, 4) is 33.4 Å². The van der Waals surface area contributed by atoms with E-state index in [9.17, 15) is 63.0 Å². The average molecular weight is 1900 g/mol. The van der Waals surface area contributed by atoms with E-state index in [0.29, 0.717) is 12.8 Å². The molecule has 7 amide bonds. The predicted molar refractivity (Wildman–Crippen MR) is 538 cm³/mol. The van der Waals surface area contributed by atoms with Crippen LogP contribution in [-0.4, -0.2) is 205 Å². The number of nitrogens with zero attached hydrogens (tertiary/aromatic N) is 5. The largest absolute Gasteiger partial charge is 0.518 e. The van der Waals surface area contributed by atoms with Crippen LogP contribution in [0.15, 0.2) is 297 Å². The van der Waals surface area contributed by atoms with Crippen molar-refractivity contribution >= 4 is 85.0 Å². The molecule has 0 unspecified atom stereocenters. The van der Waals surface area contributed by atoms with Crippen LogP contribution in [0, 0.1) is 5.41 Å². The highest BCUT2D eigenvalue weighted by Crippen LogP contribution is 2.48. The Morgan fingerprint density at radius 3 is 0.848 bits per heavy atom. The van der Waals surface area contributed by atoms with Gasteiger partial charge >= 0.3 is 36.2 Å². The molecule has 5 atom stereocenters. The van der Waals surface area contributed by atoms with E-state index in [2.05, 4.69) is 59.2 Å². The molecular weight excluding hydrogens is 1780 g/mol. The number of likely N-dealkylation sites (N-methyl/N-ethyl adjacent to an activating group) is 3. The summed E-state index contributed by atoms with van der Waals surface area (Å²) >= 11 is 5.23. The van der Waals surface area contributed by atoms with Crippen molar-refractivity contribution in [2.45, 2.75) is 154 Å². The van der Waals surface area contributed by atoms with Crippen molar-refractivity contribution in [2.75, 3.05) is 67.1 Å². The van der Waals surface area contributed by atoms with Crippen LogP contribution in [0.5, 0.6) is 0 Å². The molecule has 3 aliphatic rings. The van der Waals surface area contributed by atoms with E-state index < -0.39 is 92.4 Å². The molecule has 0 radical (unpaired) electrons. The maximum absolute atomic E-state index is 14.4. The minimum atomic E-state index is -2.25. The highest BCUT2D eigenvalue weighted by atomic mass is 35.5. The number of halogens is 1. The molecule has 0 heterocycles. The van der Waals surface area contributed by atoms with E-state index in [0.717, 1.165) is 101 Å². The van der Waals surface area contributed by atoms with Crippen LogP contribution in [0.25, 0.3) is 33.4 Å². The van der Waals surface area contributed by atoms with E-state index in [1.54, 1.807) is 31.3 Å². The van der Waals surface area contributed by atoms with Gasteiger partial charge in [0, 0.05) is 89.5 Å². The number of carboxylic acid groups (broad SMARTS) is 2. The highest BCUT2D eigenvalue weighted by Gasteiger charge is 2.40. The van der Waals surface area contributed by atoms with Gasteiger partial charge in [0.25, 0.3) is 0 Å². The Morgan fingerprint density at radius 2 is 0.601 bits per heavy atom. The fraction of sp³-hybridized carbons (Fsp3) is 0.312. The lowest BCUT2D eigenvalue weighted by Gasteiger charge is -2.32. The first-order valence-electron chi connectivity index (χ1n) is 46.8. The lowest BCUT2D eigenvalue weighted by molar-refractivity contribution is -0.143. The number of rotatable bonds is 37. The predicted octanol–water partition coefficient (Wildman–Crippen LogP) is 19.1. The first-order chi connectivity index (χ1) is 66.3. The second-order valence-electron chi connectivity index (χ2n) is 36.2. The monoisotopic (exact) mass is 1900 g/mol. The molecule has 0 aromatic heterocycles. The minimum absolute atomic E-state index is 0.0628. The van der Waals surface area contributed by atoms with Gasteiger partial charge in [-0.2, -0.15) is 0 Å². The standard InChI is InChI=1S/C42H49N3O6Si.C39H41N3O6.C25H23NO4.C6H11ClO/c1-6-25-45(28-39(46)43-37(41(48)51-52(3,4)5)26-30-17-9-7-10-18-30)40(47)38(27-31-19-11-8-12-20-31)44(2)42(49)50-29-36-34-23-15-13-21-32(34)33-22-14-16-24-35(33)36;1-3-22-42(25-36(43)40-34(38(45)46)23-27-14-6-4-7-15-27)37(44)35(24-28-16-8-5-9-17-28)41(2)39(47)48-26-33-31-20-12-10-18-29(31)30-19-11-13-21-32(30)33;1-26(23(24(27)28)15-17-9-3-2-4-10-17)25(29)30-16-22-20-13-7-5-11-18(20)19-12-6-8-14-21(19)22;1-4-6(2,3)5(7)8/h7-24,36-38H,6,25-29H2,1-5H3,(H,43,46);4-21,33-35H,3,22-26H2,1-2H3,(H,40,43)(H,45,46);2-14,22-23H,15-16H2,1H3,(H,27,28);4H2,1-3H3/t37-,38-;34-,35-;23-;/m000./s1. The van der Waals surface area contributed by atoms with Gasteiger partial charge in [0.05, 0.1) is 13.1 Å². The van der Waals surface area contributed by atoms with Gasteiger partial charge in [-0.1, -0.05) is 332 Å². The Kier molecular flexibility index (Phi) is 37.7. The number of nitrogens with one attached hydrogen (secondary N) is 2. The number of carbonyl (C=O) groups excluding carboxylic acids is 9. The zero-order valence-electron chi connectivity index (χ0n) is 80.1. The van der Waals surface area contributed by atoms with Crippen LogP contribution < -0.4 is 10.6 Å². The molecule has 0 spiro atoms. The van der Waals surface area contributed by atoms with Gasteiger partial charge in [-0.3, -0.25) is 43.5 Å². The number of carboxylic acids is 2. The molecule has 24 nitrogen and oxygen atoms in total. The fourth-order valence-electron chi connectivity index (χ4n) is 17.1. The number of fused-ring (bicyclic) bond motifs is 9. The molecule has 0 fully saturated rings. The third kappa shape index (κ3) is 28.2. The molecule has 0 bridgehead atoms. The quantitative estimate of drug-likeness (QED) is 0.0160. The molecule has 138 heavy (non-hydrogen) atoms. The number of carbonyl (C=O) groups is 11. The molecule has 720 valence electrons. The van der Waals surface area contributed by atoms with E-state index >= 15 is 0 Å². The maximum atomic E-state index is 14.4. The van der Waals surface area contributed by atoms with E-state index in [1.807, 2.05) is 279 Å². The number of ether oxygens (including phenoxy) is 3. The zero-order chi connectivity index (χ0) is 99.2. The van der Waals surface area contributed by atoms with Gasteiger partial charge < -0.3 is 49.3 Å². The lowest BCUT2D eigenvalue weighted by atomic mass is 9.92. The normalized spacial score (nSPS) is 13.1. The van der Waals surface area contributed by atoms with Crippen LogP contribution in [-0.2, 0) is 89.1 Å². The summed E-state index contributed by atoms with van der Waals surface area (Å²) < 4.78 is 23.2. The second kappa shape index (κ2) is 50.0. The van der Waals surface area contributed by atoms with Gasteiger partial charge in [-0.25, -0.2) is 24.0 Å². The first kappa shape index (κ1) is 104. The van der Waals surface area contributed by atoms with Gasteiger partial charge in [0.1, 0.15) is 50.0 Å². The van der Waals surface area contributed by atoms with Crippen molar-refractivity contribution in [3.05, 3.63) is 358 Å². The van der Waals surface area contributed by atoms with E-state index in [4.69, 9.17) is 30.2 Å². The molecule has 3 aliphatic carbocycles. The molecule has 0 saturated heterocycles. The van der Waals surface area contributed by atoms with Crippen molar-refractivity contribution in [2.24, 2.45) is 5.41 Å². The van der Waals surface area contributed by atoms with E-state index in [1.165, 1.54) is 38.6 Å². The summed E-state index contributed by atoms with van der Waals surface area (Å²) in [5.41, 5.74) is 17.2. The summed E-state index contributed by atoms with van der Waals surface area (Å²) in [4.78, 5) is 150. The Balaban J connectivity index is 0.000000196. The third-order valence-corrected chi connectivity index (χ3v) is 26.2. The molecule has 14 rings (SSSR count). The van der Waals surface area contributed by atoms with Crippen LogP contribution in [0.4, 0.5) is 14.4 Å². The number of benzene rings is 11. The van der Waals surface area contributed by atoms with Crippen LogP contribution in [0.2, 0.25) is 19.6 Å². The molecular formula is C112H124ClN7O17Si. The molecule has 11 aromatic carbocycles. The summed E-state index contributed by atoms with van der Waals surface area (Å²) in [6.45, 7) is 15.4. The van der Waals surface area contributed by atoms with E-state index in [-0.39, 0.29) is 112 Å².